The zero-order valence-corrected chi connectivity index (χ0v) is 22.4. The van der Waals surface area contributed by atoms with Gasteiger partial charge in [-0.1, -0.05) is 75.7 Å². The number of carbonyl (C=O) groups excluding carboxylic acids is 1. The lowest BCUT2D eigenvalue weighted by atomic mass is 10.2. The lowest BCUT2D eigenvalue weighted by Crippen LogP contribution is -2.48. The van der Waals surface area contributed by atoms with Crippen molar-refractivity contribution in [2.75, 3.05) is 26.2 Å². The quantitative estimate of drug-likeness (QED) is 0.213. The van der Waals surface area contributed by atoms with Gasteiger partial charge in [-0.3, -0.25) is 9.69 Å². The zero-order chi connectivity index (χ0) is 25.3. The number of halogens is 7. The van der Waals surface area contributed by atoms with Crippen LogP contribution >= 0.6 is 69.6 Å². The molecule has 0 atom stereocenters. The van der Waals surface area contributed by atoms with Crippen molar-refractivity contribution in [2.45, 2.75) is 13.2 Å². The van der Waals surface area contributed by atoms with E-state index < -0.39 is 0 Å². The highest BCUT2D eigenvalue weighted by Gasteiger charge is 2.26. The molecule has 0 saturated carbocycles. The van der Waals surface area contributed by atoms with E-state index in [-0.39, 0.29) is 55.0 Å². The smallest absolute Gasteiger partial charge is 0.289 e. The van der Waals surface area contributed by atoms with Crippen LogP contribution in [0.15, 0.2) is 34.7 Å². The molecule has 3 aromatic rings. The van der Waals surface area contributed by atoms with E-state index in [1.54, 1.807) is 29.2 Å². The summed E-state index contributed by atoms with van der Waals surface area (Å²) in [4.78, 5) is 16.6. The fourth-order valence-electron chi connectivity index (χ4n) is 3.60. The summed E-state index contributed by atoms with van der Waals surface area (Å²) in [7, 11) is 0. The largest absolute Gasteiger partial charge is 0.482 e. The molecule has 1 aliphatic rings. The van der Waals surface area contributed by atoms with Crippen molar-refractivity contribution >= 4 is 75.5 Å². The maximum Gasteiger partial charge on any atom is 0.289 e. The first-order valence-electron chi connectivity index (χ1n) is 10.3. The Hall–Kier alpha value is -1.38. The average Bonchev–Trinajstić information content (AvgIpc) is 3.33. The molecule has 1 saturated heterocycles. The minimum absolute atomic E-state index is 0.0171. The number of nitrogens with zero attached hydrogens (tertiary/aromatic N) is 2. The van der Waals surface area contributed by atoms with Gasteiger partial charge in [0.2, 0.25) is 0 Å². The van der Waals surface area contributed by atoms with Crippen LogP contribution in [0.2, 0.25) is 30.1 Å². The number of piperazine rings is 1. The van der Waals surface area contributed by atoms with Gasteiger partial charge in [-0.2, -0.15) is 0 Å². The molecule has 12 heteroatoms. The van der Waals surface area contributed by atoms with Crippen LogP contribution in [0, 0.1) is 5.82 Å². The summed E-state index contributed by atoms with van der Waals surface area (Å²) >= 11 is 36.6. The van der Waals surface area contributed by atoms with Gasteiger partial charge in [-0.05, 0) is 24.3 Å². The number of amides is 1. The second-order valence-corrected chi connectivity index (χ2v) is 10.0. The predicted molar refractivity (Wildman–Crippen MR) is 137 cm³/mol. The minimum Gasteiger partial charge on any atom is -0.482 e. The van der Waals surface area contributed by atoms with Crippen LogP contribution in [0.25, 0.3) is 0 Å². The normalized spacial score (nSPS) is 14.4. The fraction of sp³-hybridized carbons (Fsp3) is 0.261. The Kier molecular flexibility index (Phi) is 8.65. The Labute approximate surface area is 231 Å². The molecule has 0 bridgehead atoms. The summed E-state index contributed by atoms with van der Waals surface area (Å²) in [6.45, 7) is 2.37. The van der Waals surface area contributed by atoms with Gasteiger partial charge in [0.05, 0.1) is 15.1 Å². The maximum atomic E-state index is 14.1. The lowest BCUT2D eigenvalue weighted by Gasteiger charge is -2.34. The molecule has 2 aromatic carbocycles. The van der Waals surface area contributed by atoms with Gasteiger partial charge < -0.3 is 14.1 Å². The predicted octanol–water partition coefficient (Wildman–Crippen LogP) is 7.88. The van der Waals surface area contributed by atoms with E-state index in [4.69, 9.17) is 78.8 Å². The van der Waals surface area contributed by atoms with Crippen LogP contribution in [0.3, 0.4) is 0 Å². The van der Waals surface area contributed by atoms with Crippen molar-refractivity contribution in [3.05, 3.63) is 83.4 Å². The summed E-state index contributed by atoms with van der Waals surface area (Å²) in [5, 5.41) is 0.485. The van der Waals surface area contributed by atoms with Crippen molar-refractivity contribution in [3.63, 3.8) is 0 Å². The molecular formula is C23H17Cl6FN2O3. The molecule has 0 aliphatic carbocycles. The van der Waals surface area contributed by atoms with E-state index in [2.05, 4.69) is 0 Å². The molecule has 1 amide bonds. The number of ether oxygens (including phenoxy) is 1. The van der Waals surface area contributed by atoms with Gasteiger partial charge >= 0.3 is 0 Å². The van der Waals surface area contributed by atoms with Crippen LogP contribution in [0.5, 0.6) is 5.75 Å². The van der Waals surface area contributed by atoms with Crippen LogP contribution in [0.4, 0.5) is 4.39 Å². The number of carbonyl (C=O) groups is 1. The van der Waals surface area contributed by atoms with E-state index >= 15 is 0 Å². The van der Waals surface area contributed by atoms with Crippen molar-refractivity contribution < 1.29 is 18.3 Å². The first-order chi connectivity index (χ1) is 16.7. The topological polar surface area (TPSA) is 45.9 Å². The van der Waals surface area contributed by atoms with E-state index in [0.717, 1.165) is 0 Å². The summed E-state index contributed by atoms with van der Waals surface area (Å²) in [5.41, 5.74) is 0.452. The van der Waals surface area contributed by atoms with E-state index in [9.17, 15) is 9.18 Å². The van der Waals surface area contributed by atoms with Gasteiger partial charge in [-0.25, -0.2) is 4.39 Å². The van der Waals surface area contributed by atoms with Gasteiger partial charge in [-0.15, -0.1) is 0 Å². The number of hydrogen-bond donors (Lipinski definition) is 0. The summed E-state index contributed by atoms with van der Waals surface area (Å²) in [6.07, 6.45) is 0. The van der Waals surface area contributed by atoms with Crippen LogP contribution < -0.4 is 4.74 Å². The Balaban J connectivity index is 1.35. The molecule has 0 radical (unpaired) electrons. The molecule has 0 N–H and O–H groups in total. The third-order valence-electron chi connectivity index (χ3n) is 5.50. The van der Waals surface area contributed by atoms with Crippen LogP contribution in [-0.4, -0.2) is 41.9 Å². The molecule has 1 fully saturated rings. The number of hydrogen-bond acceptors (Lipinski definition) is 4. The number of rotatable bonds is 6. The third kappa shape index (κ3) is 5.80. The zero-order valence-electron chi connectivity index (χ0n) is 17.9. The highest BCUT2D eigenvalue weighted by molar-refractivity contribution is 6.55. The molecule has 0 unspecified atom stereocenters. The number of benzene rings is 2. The molecular weight excluding hydrogens is 584 g/mol. The lowest BCUT2D eigenvalue weighted by molar-refractivity contribution is 0.0593. The molecule has 4 rings (SSSR count). The Morgan fingerprint density at radius 3 is 2.14 bits per heavy atom. The Morgan fingerprint density at radius 1 is 0.886 bits per heavy atom. The Morgan fingerprint density at radius 2 is 1.51 bits per heavy atom. The van der Waals surface area contributed by atoms with Crippen molar-refractivity contribution in [1.82, 2.24) is 9.80 Å². The van der Waals surface area contributed by atoms with E-state index in [1.807, 2.05) is 4.90 Å². The summed E-state index contributed by atoms with van der Waals surface area (Å²) in [5.74, 6) is -0.00214. The Bertz CT molecular complexity index is 1210. The van der Waals surface area contributed by atoms with Gasteiger partial charge in [0.15, 0.2) is 11.5 Å². The molecule has 1 aliphatic heterocycles. The van der Waals surface area contributed by atoms with Gasteiger partial charge in [0.25, 0.3) is 5.91 Å². The first kappa shape index (κ1) is 26.7. The highest BCUT2D eigenvalue weighted by Crippen LogP contribution is 2.48. The minimum atomic E-state index is -0.341. The molecule has 1 aromatic heterocycles. The van der Waals surface area contributed by atoms with Crippen LogP contribution in [0.1, 0.15) is 21.9 Å². The second-order valence-electron chi connectivity index (χ2n) is 7.72. The van der Waals surface area contributed by atoms with Crippen molar-refractivity contribution in [2.24, 2.45) is 0 Å². The van der Waals surface area contributed by atoms with Crippen LogP contribution in [-0.2, 0) is 13.2 Å². The molecule has 5 nitrogen and oxygen atoms in total. The van der Waals surface area contributed by atoms with E-state index in [0.29, 0.717) is 49.1 Å². The molecule has 2 heterocycles. The molecule has 35 heavy (non-hydrogen) atoms. The SMILES string of the molecule is O=C(c1ccc(COc2c(Cl)c(Cl)c(Cl)c(Cl)c2Cl)o1)N1CCN(Cc2c(F)cccc2Cl)CC1. The van der Waals surface area contributed by atoms with Gasteiger partial charge in [0.1, 0.15) is 28.2 Å². The highest BCUT2D eigenvalue weighted by atomic mass is 35.5. The maximum absolute atomic E-state index is 14.1. The first-order valence-corrected chi connectivity index (χ1v) is 12.6. The molecule has 186 valence electrons. The monoisotopic (exact) mass is 598 g/mol. The van der Waals surface area contributed by atoms with Gasteiger partial charge in [0, 0.05) is 43.3 Å². The second kappa shape index (κ2) is 11.3. The fourth-order valence-corrected chi connectivity index (χ4v) is 5.05. The summed E-state index contributed by atoms with van der Waals surface area (Å²) < 4.78 is 25.4. The van der Waals surface area contributed by atoms with E-state index in [1.165, 1.54) is 6.07 Å². The molecule has 0 spiro atoms. The van der Waals surface area contributed by atoms with Crippen molar-refractivity contribution in [3.8, 4) is 5.75 Å². The summed E-state index contributed by atoms with van der Waals surface area (Å²) in [6, 6.07) is 7.80. The third-order valence-corrected chi connectivity index (χ3v) is 8.10. The van der Waals surface area contributed by atoms with Crippen molar-refractivity contribution in [1.29, 1.82) is 0 Å². The number of furan rings is 1. The standard InChI is InChI=1S/C23H17Cl6FN2O3/c24-14-2-1-3-15(30)13(14)10-31-6-8-32(9-7-31)23(33)16-5-4-12(35-16)11-34-22-20(28)18(26)17(25)19(27)21(22)29/h1-5H,6-11H2. The average molecular weight is 601 g/mol.